The second-order valence-electron chi connectivity index (χ2n) is 6.67. The molecule has 4 nitrogen and oxygen atoms in total. The Bertz CT molecular complexity index is 675. The van der Waals surface area contributed by atoms with Crippen LogP contribution in [0.4, 0.5) is 4.79 Å². The lowest BCUT2D eigenvalue weighted by molar-refractivity contribution is 0.0858. The van der Waals surface area contributed by atoms with Crippen molar-refractivity contribution >= 4 is 16.8 Å². The minimum atomic E-state index is -0.436. The number of hydrogen-bond donors (Lipinski definition) is 3. The van der Waals surface area contributed by atoms with Crippen LogP contribution < -0.4 is 10.6 Å². The van der Waals surface area contributed by atoms with Crippen molar-refractivity contribution in [3.8, 4) is 0 Å². The number of carbonyl (C=O) groups excluding carboxylic acids is 1. The van der Waals surface area contributed by atoms with Crippen LogP contribution in [0.3, 0.4) is 0 Å². The van der Waals surface area contributed by atoms with Crippen LogP contribution in [0.5, 0.6) is 0 Å². The van der Waals surface area contributed by atoms with Crippen LogP contribution in [0.1, 0.15) is 37.7 Å². The molecule has 1 saturated carbocycles. The highest BCUT2D eigenvalue weighted by atomic mass is 16.3. The summed E-state index contributed by atoms with van der Waals surface area (Å²) in [4.78, 5) is 12.0. The number of amides is 2. The Balaban J connectivity index is 1.48. The SMILES string of the molecule is O=C(NCc1cccc2ccccc12)NC[C@@H](O)C1CCCCC1. The van der Waals surface area contributed by atoms with Crippen molar-refractivity contribution in [2.45, 2.75) is 44.8 Å². The van der Waals surface area contributed by atoms with Gasteiger partial charge in [0.1, 0.15) is 0 Å². The van der Waals surface area contributed by atoms with Gasteiger partial charge in [-0.3, -0.25) is 0 Å². The van der Waals surface area contributed by atoms with Gasteiger partial charge in [0.15, 0.2) is 0 Å². The van der Waals surface area contributed by atoms with Gasteiger partial charge in [-0.1, -0.05) is 61.7 Å². The summed E-state index contributed by atoms with van der Waals surface area (Å²) in [6.07, 6.45) is 5.35. The lowest BCUT2D eigenvalue weighted by Crippen LogP contribution is -2.41. The molecule has 0 heterocycles. The zero-order chi connectivity index (χ0) is 16.8. The second kappa shape index (κ2) is 8.15. The monoisotopic (exact) mass is 326 g/mol. The molecule has 1 aliphatic carbocycles. The van der Waals surface area contributed by atoms with Crippen molar-refractivity contribution in [3.05, 3.63) is 48.0 Å². The maximum Gasteiger partial charge on any atom is 0.315 e. The average Bonchev–Trinajstić information content (AvgIpc) is 2.65. The molecule has 4 heteroatoms. The van der Waals surface area contributed by atoms with E-state index in [2.05, 4.69) is 28.8 Å². The van der Waals surface area contributed by atoms with E-state index in [-0.39, 0.29) is 6.03 Å². The average molecular weight is 326 g/mol. The van der Waals surface area contributed by atoms with Crippen molar-refractivity contribution in [1.82, 2.24) is 10.6 Å². The van der Waals surface area contributed by atoms with Crippen LogP contribution in [-0.2, 0) is 6.54 Å². The molecule has 24 heavy (non-hydrogen) atoms. The minimum Gasteiger partial charge on any atom is -0.391 e. The van der Waals surface area contributed by atoms with Crippen LogP contribution in [0.25, 0.3) is 10.8 Å². The fraction of sp³-hybridized carbons (Fsp3) is 0.450. The Hall–Kier alpha value is -2.07. The molecule has 1 atom stereocenters. The third-order valence-corrected chi connectivity index (χ3v) is 4.99. The molecule has 2 aromatic carbocycles. The molecule has 0 saturated heterocycles. The minimum absolute atomic E-state index is 0.224. The van der Waals surface area contributed by atoms with Gasteiger partial charge in [-0.25, -0.2) is 4.79 Å². The number of nitrogens with one attached hydrogen (secondary N) is 2. The van der Waals surface area contributed by atoms with E-state index in [9.17, 15) is 9.90 Å². The van der Waals surface area contributed by atoms with E-state index in [1.54, 1.807) is 0 Å². The van der Waals surface area contributed by atoms with Gasteiger partial charge in [-0.15, -0.1) is 0 Å². The van der Waals surface area contributed by atoms with Crippen molar-refractivity contribution in [3.63, 3.8) is 0 Å². The summed E-state index contributed by atoms with van der Waals surface area (Å²) in [6, 6.07) is 14.0. The van der Waals surface area contributed by atoms with E-state index >= 15 is 0 Å². The standard InChI is InChI=1S/C20H26N2O2/c23-19(16-8-2-1-3-9-16)14-22-20(24)21-13-17-11-6-10-15-7-4-5-12-18(15)17/h4-7,10-12,16,19,23H,1-3,8-9,13-14H2,(H2,21,22,24)/t19-/m1/s1. The summed E-state index contributed by atoms with van der Waals surface area (Å²) in [6.45, 7) is 0.804. The summed E-state index contributed by atoms with van der Waals surface area (Å²) in [5.74, 6) is 0.331. The normalized spacial score (nSPS) is 16.7. The Kier molecular flexibility index (Phi) is 5.70. The largest absolute Gasteiger partial charge is 0.391 e. The first-order valence-corrected chi connectivity index (χ1v) is 8.90. The maximum absolute atomic E-state index is 12.0. The van der Waals surface area contributed by atoms with Crippen LogP contribution in [-0.4, -0.2) is 23.8 Å². The first-order chi connectivity index (χ1) is 11.7. The van der Waals surface area contributed by atoms with Gasteiger partial charge in [0, 0.05) is 13.1 Å². The summed E-state index contributed by atoms with van der Waals surface area (Å²) in [5, 5.41) is 18.2. The highest BCUT2D eigenvalue weighted by Crippen LogP contribution is 2.26. The summed E-state index contributed by atoms with van der Waals surface area (Å²) < 4.78 is 0. The first-order valence-electron chi connectivity index (χ1n) is 8.90. The highest BCUT2D eigenvalue weighted by molar-refractivity contribution is 5.86. The van der Waals surface area contributed by atoms with Gasteiger partial charge >= 0.3 is 6.03 Å². The first kappa shape index (κ1) is 16.8. The summed E-state index contributed by atoms with van der Waals surface area (Å²) in [7, 11) is 0. The van der Waals surface area contributed by atoms with Gasteiger partial charge in [0.05, 0.1) is 6.10 Å². The van der Waals surface area contributed by atoms with Crippen molar-refractivity contribution in [1.29, 1.82) is 0 Å². The predicted octanol–water partition coefficient (Wildman–Crippen LogP) is 3.58. The number of benzene rings is 2. The lowest BCUT2D eigenvalue weighted by Gasteiger charge is -2.26. The van der Waals surface area contributed by atoms with Crippen molar-refractivity contribution in [2.75, 3.05) is 6.54 Å². The fourth-order valence-corrected chi connectivity index (χ4v) is 3.57. The van der Waals surface area contributed by atoms with E-state index in [0.717, 1.165) is 23.8 Å². The Labute approximate surface area is 143 Å². The quantitative estimate of drug-likeness (QED) is 0.786. The van der Waals surface area contributed by atoms with Crippen LogP contribution in [0, 0.1) is 5.92 Å². The van der Waals surface area contributed by atoms with Gasteiger partial charge < -0.3 is 15.7 Å². The third-order valence-electron chi connectivity index (χ3n) is 4.99. The van der Waals surface area contributed by atoms with Crippen LogP contribution >= 0.6 is 0 Å². The predicted molar refractivity (Wildman–Crippen MR) is 96.8 cm³/mol. The molecule has 0 spiro atoms. The number of carbonyl (C=O) groups is 1. The Morgan fingerprint density at radius 1 is 1.04 bits per heavy atom. The third kappa shape index (κ3) is 4.26. The molecule has 2 aromatic rings. The van der Waals surface area contributed by atoms with Gasteiger partial charge in [0.25, 0.3) is 0 Å². The van der Waals surface area contributed by atoms with E-state index in [1.807, 2.05) is 24.3 Å². The molecule has 3 N–H and O–H groups in total. The summed E-state index contributed by atoms with van der Waals surface area (Å²) in [5.41, 5.74) is 1.09. The molecule has 0 radical (unpaired) electrons. The molecule has 0 unspecified atom stereocenters. The Morgan fingerprint density at radius 2 is 1.79 bits per heavy atom. The molecule has 0 aliphatic heterocycles. The number of aliphatic hydroxyl groups is 1. The van der Waals surface area contributed by atoms with E-state index < -0.39 is 6.10 Å². The van der Waals surface area contributed by atoms with Crippen molar-refractivity contribution < 1.29 is 9.90 Å². The fourth-order valence-electron chi connectivity index (χ4n) is 3.57. The second-order valence-corrected chi connectivity index (χ2v) is 6.67. The summed E-state index contributed by atoms with van der Waals surface area (Å²) >= 11 is 0. The number of fused-ring (bicyclic) bond motifs is 1. The van der Waals surface area contributed by atoms with Crippen LogP contribution in [0.2, 0.25) is 0 Å². The lowest BCUT2D eigenvalue weighted by atomic mass is 9.85. The van der Waals surface area contributed by atoms with Gasteiger partial charge in [-0.05, 0) is 35.1 Å². The zero-order valence-corrected chi connectivity index (χ0v) is 14.0. The smallest absolute Gasteiger partial charge is 0.315 e. The zero-order valence-electron chi connectivity index (χ0n) is 14.0. The van der Waals surface area contributed by atoms with E-state index in [1.165, 1.54) is 24.6 Å². The van der Waals surface area contributed by atoms with Gasteiger partial charge in [-0.2, -0.15) is 0 Å². The van der Waals surface area contributed by atoms with Crippen LogP contribution in [0.15, 0.2) is 42.5 Å². The molecule has 1 fully saturated rings. The van der Waals surface area contributed by atoms with E-state index in [4.69, 9.17) is 0 Å². The number of rotatable bonds is 5. The number of hydrogen-bond acceptors (Lipinski definition) is 2. The molecular weight excluding hydrogens is 300 g/mol. The van der Waals surface area contributed by atoms with Gasteiger partial charge in [0.2, 0.25) is 0 Å². The molecule has 128 valence electrons. The highest BCUT2D eigenvalue weighted by Gasteiger charge is 2.21. The molecule has 1 aliphatic rings. The number of urea groups is 1. The topological polar surface area (TPSA) is 61.4 Å². The molecule has 0 bridgehead atoms. The van der Waals surface area contributed by atoms with Crippen molar-refractivity contribution in [2.24, 2.45) is 5.92 Å². The number of aliphatic hydroxyl groups excluding tert-OH is 1. The molecule has 2 amide bonds. The Morgan fingerprint density at radius 3 is 2.62 bits per heavy atom. The molecular formula is C20H26N2O2. The maximum atomic E-state index is 12.0. The molecule has 3 rings (SSSR count). The van der Waals surface area contributed by atoms with E-state index in [0.29, 0.717) is 19.0 Å². The molecule has 0 aromatic heterocycles.